The molecule has 0 atom stereocenters. The minimum absolute atomic E-state index is 0.132. The van der Waals surface area contributed by atoms with Crippen LogP contribution < -0.4 is 0 Å². The van der Waals surface area contributed by atoms with Gasteiger partial charge in [0.25, 0.3) is 0 Å². The molecule has 0 N–H and O–H groups in total. The maximum Gasteiger partial charge on any atom is 0.306 e. The topological polar surface area (TPSA) is 26.3 Å². The first kappa shape index (κ1) is 12.5. The summed E-state index contributed by atoms with van der Waals surface area (Å²) in [5.41, 5.74) is 1.11. The van der Waals surface area contributed by atoms with Crippen LogP contribution in [0.3, 0.4) is 0 Å². The van der Waals surface area contributed by atoms with Crippen molar-refractivity contribution in [2.45, 2.75) is 20.3 Å². The third-order valence-corrected chi connectivity index (χ3v) is 2.03. The molecule has 0 amide bonds. The first-order valence-corrected chi connectivity index (χ1v) is 5.55. The molecule has 0 saturated carbocycles. The van der Waals surface area contributed by atoms with Crippen molar-refractivity contribution in [2.75, 3.05) is 6.61 Å². The molecule has 16 heavy (non-hydrogen) atoms. The van der Waals surface area contributed by atoms with Crippen molar-refractivity contribution >= 4 is 12.0 Å². The Morgan fingerprint density at radius 2 is 2.00 bits per heavy atom. The Balaban J connectivity index is 2.25. The lowest BCUT2D eigenvalue weighted by Gasteiger charge is -2.03. The number of rotatable bonds is 5. The van der Waals surface area contributed by atoms with Crippen molar-refractivity contribution in [3.05, 3.63) is 42.0 Å². The molecule has 1 aromatic rings. The van der Waals surface area contributed by atoms with E-state index in [1.54, 1.807) is 0 Å². The third kappa shape index (κ3) is 5.35. The largest absolute Gasteiger partial charge is 0.461 e. The lowest BCUT2D eigenvalue weighted by molar-refractivity contribution is -0.143. The molecule has 0 aliphatic rings. The standard InChI is InChI=1S/C14H18O2/c1-12(2)11-14(15)16-10-6-9-13-7-4-3-5-8-13/h3-9,12H,10-11H2,1-2H3/b9-6+. The molecule has 0 aliphatic heterocycles. The second kappa shape index (κ2) is 6.83. The van der Waals surface area contributed by atoms with Gasteiger partial charge in [-0.3, -0.25) is 4.79 Å². The van der Waals surface area contributed by atoms with Crippen LogP contribution in [0, 0.1) is 5.92 Å². The van der Waals surface area contributed by atoms with E-state index in [0.717, 1.165) is 5.56 Å². The summed E-state index contributed by atoms with van der Waals surface area (Å²) in [6.45, 7) is 4.35. The Hall–Kier alpha value is -1.57. The summed E-state index contributed by atoms with van der Waals surface area (Å²) in [5, 5.41) is 0. The summed E-state index contributed by atoms with van der Waals surface area (Å²) in [4.78, 5) is 11.2. The zero-order valence-electron chi connectivity index (χ0n) is 9.85. The summed E-state index contributed by atoms with van der Waals surface area (Å²) >= 11 is 0. The molecule has 0 spiro atoms. The predicted molar refractivity (Wildman–Crippen MR) is 65.9 cm³/mol. The summed E-state index contributed by atoms with van der Waals surface area (Å²) < 4.78 is 5.05. The van der Waals surface area contributed by atoms with E-state index in [-0.39, 0.29) is 5.97 Å². The van der Waals surface area contributed by atoms with Crippen LogP contribution in [0.4, 0.5) is 0 Å². The van der Waals surface area contributed by atoms with Crippen LogP contribution >= 0.6 is 0 Å². The number of esters is 1. The number of hydrogen-bond donors (Lipinski definition) is 0. The lowest BCUT2D eigenvalue weighted by atomic mass is 10.1. The Kier molecular flexibility index (Phi) is 5.34. The van der Waals surface area contributed by atoms with E-state index in [0.29, 0.717) is 18.9 Å². The smallest absolute Gasteiger partial charge is 0.306 e. The molecular weight excluding hydrogens is 200 g/mol. The van der Waals surface area contributed by atoms with Crippen LogP contribution in [0.5, 0.6) is 0 Å². The zero-order valence-corrected chi connectivity index (χ0v) is 9.85. The van der Waals surface area contributed by atoms with Gasteiger partial charge in [-0.05, 0) is 17.6 Å². The number of carbonyl (C=O) groups is 1. The summed E-state index contributed by atoms with van der Waals surface area (Å²) in [5.74, 6) is 0.221. The van der Waals surface area contributed by atoms with Crippen molar-refractivity contribution in [1.82, 2.24) is 0 Å². The van der Waals surface area contributed by atoms with Crippen molar-refractivity contribution in [3.8, 4) is 0 Å². The van der Waals surface area contributed by atoms with E-state index in [1.165, 1.54) is 0 Å². The molecule has 2 heteroatoms. The van der Waals surface area contributed by atoms with Crippen LogP contribution in [0.25, 0.3) is 6.08 Å². The zero-order chi connectivity index (χ0) is 11.8. The van der Waals surface area contributed by atoms with Gasteiger partial charge in [0.05, 0.1) is 0 Å². The van der Waals surface area contributed by atoms with E-state index >= 15 is 0 Å². The van der Waals surface area contributed by atoms with Gasteiger partial charge in [-0.1, -0.05) is 50.3 Å². The Morgan fingerprint density at radius 1 is 1.31 bits per heavy atom. The minimum Gasteiger partial charge on any atom is -0.461 e. The van der Waals surface area contributed by atoms with Crippen LogP contribution in [-0.4, -0.2) is 12.6 Å². The highest BCUT2D eigenvalue weighted by atomic mass is 16.5. The second-order valence-electron chi connectivity index (χ2n) is 4.09. The quantitative estimate of drug-likeness (QED) is 0.709. The molecule has 0 radical (unpaired) electrons. The van der Waals surface area contributed by atoms with Gasteiger partial charge in [0.15, 0.2) is 0 Å². The number of hydrogen-bond acceptors (Lipinski definition) is 2. The Labute approximate surface area is 96.9 Å². The molecule has 0 saturated heterocycles. The fourth-order valence-corrected chi connectivity index (χ4v) is 1.28. The minimum atomic E-state index is -0.132. The molecular formula is C14H18O2. The van der Waals surface area contributed by atoms with Crippen molar-refractivity contribution in [3.63, 3.8) is 0 Å². The van der Waals surface area contributed by atoms with Crippen LogP contribution in [-0.2, 0) is 9.53 Å². The average Bonchev–Trinajstić information content (AvgIpc) is 2.25. The SMILES string of the molecule is CC(C)CC(=O)OC/C=C/c1ccccc1. The van der Waals surface area contributed by atoms with Crippen molar-refractivity contribution in [2.24, 2.45) is 5.92 Å². The molecule has 0 aliphatic carbocycles. The summed E-state index contributed by atoms with van der Waals surface area (Å²) in [6, 6.07) is 9.94. The maximum absolute atomic E-state index is 11.2. The first-order valence-electron chi connectivity index (χ1n) is 5.55. The average molecular weight is 218 g/mol. The highest BCUT2D eigenvalue weighted by Crippen LogP contribution is 2.03. The molecule has 0 unspecified atom stereocenters. The fourth-order valence-electron chi connectivity index (χ4n) is 1.28. The number of benzene rings is 1. The van der Waals surface area contributed by atoms with Gasteiger partial charge in [-0.15, -0.1) is 0 Å². The Morgan fingerprint density at radius 3 is 2.62 bits per heavy atom. The maximum atomic E-state index is 11.2. The summed E-state index contributed by atoms with van der Waals surface area (Å²) in [7, 11) is 0. The lowest BCUT2D eigenvalue weighted by Crippen LogP contribution is -2.07. The number of ether oxygens (including phenoxy) is 1. The van der Waals surface area contributed by atoms with Gasteiger partial charge in [0, 0.05) is 6.42 Å². The molecule has 0 aromatic heterocycles. The van der Waals surface area contributed by atoms with E-state index in [4.69, 9.17) is 4.74 Å². The van der Waals surface area contributed by atoms with Gasteiger partial charge in [0.1, 0.15) is 6.61 Å². The monoisotopic (exact) mass is 218 g/mol. The Bertz CT molecular complexity index is 339. The highest BCUT2D eigenvalue weighted by molar-refractivity contribution is 5.69. The first-order chi connectivity index (χ1) is 7.68. The van der Waals surface area contributed by atoms with Gasteiger partial charge in [-0.25, -0.2) is 0 Å². The molecule has 0 fully saturated rings. The fraction of sp³-hybridized carbons (Fsp3) is 0.357. The summed E-state index contributed by atoms with van der Waals surface area (Å²) in [6.07, 6.45) is 4.29. The van der Waals surface area contributed by atoms with Gasteiger partial charge >= 0.3 is 5.97 Å². The second-order valence-corrected chi connectivity index (χ2v) is 4.09. The van der Waals surface area contributed by atoms with Gasteiger partial charge in [0.2, 0.25) is 0 Å². The van der Waals surface area contributed by atoms with E-state index < -0.39 is 0 Å². The van der Waals surface area contributed by atoms with Crippen LogP contribution in [0.2, 0.25) is 0 Å². The van der Waals surface area contributed by atoms with E-state index in [1.807, 2.05) is 56.3 Å². The predicted octanol–water partition coefficient (Wildman–Crippen LogP) is 3.29. The van der Waals surface area contributed by atoms with Gasteiger partial charge < -0.3 is 4.74 Å². The van der Waals surface area contributed by atoms with Crippen molar-refractivity contribution in [1.29, 1.82) is 0 Å². The van der Waals surface area contributed by atoms with Crippen LogP contribution in [0.1, 0.15) is 25.8 Å². The molecule has 0 bridgehead atoms. The normalized spacial score (nSPS) is 10.9. The molecule has 0 heterocycles. The van der Waals surface area contributed by atoms with Crippen molar-refractivity contribution < 1.29 is 9.53 Å². The molecule has 86 valence electrons. The van der Waals surface area contributed by atoms with Crippen LogP contribution in [0.15, 0.2) is 36.4 Å². The molecule has 1 aromatic carbocycles. The van der Waals surface area contributed by atoms with E-state index in [2.05, 4.69) is 0 Å². The highest BCUT2D eigenvalue weighted by Gasteiger charge is 2.03. The molecule has 1 rings (SSSR count). The van der Waals surface area contributed by atoms with E-state index in [9.17, 15) is 4.79 Å². The van der Waals surface area contributed by atoms with Gasteiger partial charge in [-0.2, -0.15) is 0 Å². The third-order valence-electron chi connectivity index (χ3n) is 2.03. The number of carbonyl (C=O) groups excluding carboxylic acids is 1. The molecule has 2 nitrogen and oxygen atoms in total.